The van der Waals surface area contributed by atoms with Crippen molar-refractivity contribution in [2.75, 3.05) is 6.54 Å². The van der Waals surface area contributed by atoms with E-state index in [4.69, 9.17) is 11.5 Å². The summed E-state index contributed by atoms with van der Waals surface area (Å²) >= 11 is 0. The third-order valence-corrected chi connectivity index (χ3v) is 2.12. The molecule has 0 heterocycles. The highest BCUT2D eigenvalue weighted by Gasteiger charge is 2.02. The number of nitrogens with two attached hydrogens (primary N) is 2. The molecular weight excluding hydrogens is 160 g/mol. The summed E-state index contributed by atoms with van der Waals surface area (Å²) in [5.74, 6) is 0. The molecule has 0 spiro atoms. The molecule has 0 bridgehead atoms. The van der Waals surface area contributed by atoms with Crippen LogP contribution in [0.2, 0.25) is 0 Å². The van der Waals surface area contributed by atoms with Gasteiger partial charge in [-0.1, -0.05) is 30.3 Å². The highest BCUT2D eigenvalue weighted by atomic mass is 14.6. The van der Waals surface area contributed by atoms with Gasteiger partial charge in [0, 0.05) is 6.04 Å². The molecule has 0 aromatic heterocycles. The summed E-state index contributed by atoms with van der Waals surface area (Å²) in [6.45, 7) is 0.739. The molecule has 0 aliphatic rings. The number of benzene rings is 1. The molecule has 13 heavy (non-hydrogen) atoms. The molecule has 1 aromatic carbocycles. The lowest BCUT2D eigenvalue weighted by Crippen LogP contribution is -2.23. The Labute approximate surface area is 79.9 Å². The minimum Gasteiger partial charge on any atom is -0.330 e. The smallest absolute Gasteiger partial charge is 0.00797 e. The Hall–Kier alpha value is -0.860. The fourth-order valence-electron chi connectivity index (χ4n) is 1.40. The van der Waals surface area contributed by atoms with Crippen LogP contribution in [-0.2, 0) is 6.42 Å². The number of hydrogen-bond donors (Lipinski definition) is 2. The van der Waals surface area contributed by atoms with Crippen molar-refractivity contribution in [3.05, 3.63) is 35.9 Å². The molecule has 0 aliphatic carbocycles. The van der Waals surface area contributed by atoms with Crippen LogP contribution in [0.15, 0.2) is 30.3 Å². The van der Waals surface area contributed by atoms with Crippen LogP contribution >= 0.6 is 0 Å². The summed E-state index contributed by atoms with van der Waals surface area (Å²) in [7, 11) is 0. The van der Waals surface area contributed by atoms with E-state index in [-0.39, 0.29) is 6.04 Å². The van der Waals surface area contributed by atoms with Crippen molar-refractivity contribution in [2.45, 2.75) is 25.3 Å². The van der Waals surface area contributed by atoms with E-state index >= 15 is 0 Å². The molecule has 1 atom stereocenters. The summed E-state index contributed by atoms with van der Waals surface area (Å²) < 4.78 is 0. The fourth-order valence-corrected chi connectivity index (χ4v) is 1.40. The first-order valence-electron chi connectivity index (χ1n) is 4.82. The molecule has 2 heteroatoms. The van der Waals surface area contributed by atoms with Crippen LogP contribution in [-0.4, -0.2) is 12.6 Å². The van der Waals surface area contributed by atoms with Crippen molar-refractivity contribution in [2.24, 2.45) is 11.5 Å². The zero-order chi connectivity index (χ0) is 9.52. The molecule has 4 N–H and O–H groups in total. The average Bonchev–Trinajstić information content (AvgIpc) is 2.16. The van der Waals surface area contributed by atoms with Crippen molar-refractivity contribution >= 4 is 0 Å². The highest BCUT2D eigenvalue weighted by molar-refractivity contribution is 5.15. The molecule has 2 nitrogen and oxygen atoms in total. The van der Waals surface area contributed by atoms with E-state index in [0.717, 1.165) is 25.8 Å². The topological polar surface area (TPSA) is 52.0 Å². The molecule has 0 saturated heterocycles. The first-order chi connectivity index (χ1) is 6.33. The van der Waals surface area contributed by atoms with Gasteiger partial charge in [-0.3, -0.25) is 0 Å². The molecule has 0 amide bonds. The van der Waals surface area contributed by atoms with Crippen LogP contribution in [0, 0.1) is 0 Å². The van der Waals surface area contributed by atoms with E-state index < -0.39 is 0 Å². The standard InChI is InChI=1S/C11H18N2/c12-8-4-7-11(13)9-10-5-2-1-3-6-10/h1-3,5-6,11H,4,7-9,12-13H2. The maximum Gasteiger partial charge on any atom is 0.00797 e. The monoisotopic (exact) mass is 178 g/mol. The molecule has 72 valence electrons. The van der Waals surface area contributed by atoms with Gasteiger partial charge in [0.25, 0.3) is 0 Å². The lowest BCUT2D eigenvalue weighted by Gasteiger charge is -2.10. The first kappa shape index (κ1) is 10.2. The van der Waals surface area contributed by atoms with Crippen LogP contribution in [0.25, 0.3) is 0 Å². The van der Waals surface area contributed by atoms with Crippen molar-refractivity contribution < 1.29 is 0 Å². The van der Waals surface area contributed by atoms with Crippen LogP contribution in [0.3, 0.4) is 0 Å². The summed E-state index contributed by atoms with van der Waals surface area (Å²) in [5, 5.41) is 0. The summed E-state index contributed by atoms with van der Waals surface area (Å²) in [6, 6.07) is 10.6. The summed E-state index contributed by atoms with van der Waals surface area (Å²) in [6.07, 6.45) is 3.00. The van der Waals surface area contributed by atoms with Gasteiger partial charge in [0.2, 0.25) is 0 Å². The van der Waals surface area contributed by atoms with Gasteiger partial charge >= 0.3 is 0 Å². The molecule has 0 fully saturated rings. The van der Waals surface area contributed by atoms with Gasteiger partial charge in [0.05, 0.1) is 0 Å². The largest absolute Gasteiger partial charge is 0.330 e. The third-order valence-electron chi connectivity index (χ3n) is 2.12. The predicted molar refractivity (Wildman–Crippen MR) is 56.4 cm³/mol. The van der Waals surface area contributed by atoms with Crippen molar-refractivity contribution in [3.8, 4) is 0 Å². The maximum atomic E-state index is 5.94. The normalized spacial score (nSPS) is 12.8. The lowest BCUT2D eigenvalue weighted by molar-refractivity contribution is 0.585. The fraction of sp³-hybridized carbons (Fsp3) is 0.455. The lowest BCUT2D eigenvalue weighted by atomic mass is 10.0. The maximum absolute atomic E-state index is 5.94. The molecule has 1 aromatic rings. The third kappa shape index (κ3) is 4.06. The van der Waals surface area contributed by atoms with Crippen LogP contribution in [0.1, 0.15) is 18.4 Å². The van der Waals surface area contributed by atoms with Crippen LogP contribution < -0.4 is 11.5 Å². The van der Waals surface area contributed by atoms with Crippen LogP contribution in [0.4, 0.5) is 0 Å². The van der Waals surface area contributed by atoms with Crippen molar-refractivity contribution in [1.29, 1.82) is 0 Å². The van der Waals surface area contributed by atoms with Gasteiger partial charge in [-0.15, -0.1) is 0 Å². The Kier molecular flexibility index (Phi) is 4.50. The Morgan fingerprint density at radius 2 is 1.85 bits per heavy atom. The van der Waals surface area contributed by atoms with E-state index in [1.54, 1.807) is 0 Å². The molecule has 0 radical (unpaired) electrons. The van der Waals surface area contributed by atoms with Crippen molar-refractivity contribution in [1.82, 2.24) is 0 Å². The van der Waals surface area contributed by atoms with Gasteiger partial charge in [0.15, 0.2) is 0 Å². The zero-order valence-corrected chi connectivity index (χ0v) is 7.95. The molecule has 0 aliphatic heterocycles. The minimum atomic E-state index is 0.256. The number of rotatable bonds is 5. The highest BCUT2D eigenvalue weighted by Crippen LogP contribution is 2.04. The van der Waals surface area contributed by atoms with Crippen molar-refractivity contribution in [3.63, 3.8) is 0 Å². The second-order valence-corrected chi connectivity index (χ2v) is 3.38. The van der Waals surface area contributed by atoms with E-state index in [9.17, 15) is 0 Å². The second-order valence-electron chi connectivity index (χ2n) is 3.38. The Morgan fingerprint density at radius 3 is 2.46 bits per heavy atom. The van der Waals surface area contributed by atoms with E-state index in [2.05, 4.69) is 12.1 Å². The molecule has 0 saturated carbocycles. The van der Waals surface area contributed by atoms with Gasteiger partial charge in [0.1, 0.15) is 0 Å². The summed E-state index contributed by atoms with van der Waals surface area (Å²) in [5.41, 5.74) is 12.7. The molecular formula is C11H18N2. The Balaban J connectivity index is 2.32. The average molecular weight is 178 g/mol. The SMILES string of the molecule is NCCCC(N)Cc1ccccc1. The number of hydrogen-bond acceptors (Lipinski definition) is 2. The Morgan fingerprint density at radius 1 is 1.15 bits per heavy atom. The van der Waals surface area contributed by atoms with Gasteiger partial charge < -0.3 is 11.5 Å². The Bertz CT molecular complexity index is 221. The van der Waals surface area contributed by atoms with E-state index in [1.807, 2.05) is 18.2 Å². The van der Waals surface area contributed by atoms with E-state index in [1.165, 1.54) is 5.56 Å². The van der Waals surface area contributed by atoms with Gasteiger partial charge in [-0.05, 0) is 31.4 Å². The zero-order valence-electron chi connectivity index (χ0n) is 7.95. The van der Waals surface area contributed by atoms with Gasteiger partial charge in [-0.25, -0.2) is 0 Å². The summed E-state index contributed by atoms with van der Waals surface area (Å²) in [4.78, 5) is 0. The van der Waals surface area contributed by atoms with E-state index in [0.29, 0.717) is 0 Å². The van der Waals surface area contributed by atoms with Gasteiger partial charge in [-0.2, -0.15) is 0 Å². The minimum absolute atomic E-state index is 0.256. The predicted octanol–water partition coefficient (Wildman–Crippen LogP) is 1.30. The van der Waals surface area contributed by atoms with Crippen LogP contribution in [0.5, 0.6) is 0 Å². The second kappa shape index (κ2) is 5.73. The first-order valence-corrected chi connectivity index (χ1v) is 4.82. The molecule has 1 rings (SSSR count). The quantitative estimate of drug-likeness (QED) is 0.714. The molecule has 1 unspecified atom stereocenters.